The first-order valence-electron chi connectivity index (χ1n) is 6.43. The van der Waals surface area contributed by atoms with Crippen molar-refractivity contribution in [2.45, 2.75) is 32.7 Å². The molecule has 0 aromatic heterocycles. The Kier molecular flexibility index (Phi) is 6.63. The molecule has 106 valence electrons. The monoisotopic (exact) mass is 302 g/mol. The molecule has 0 bridgehead atoms. The highest BCUT2D eigenvalue weighted by Crippen LogP contribution is 2.21. The fraction of sp³-hybridized carbons (Fsp3) is 0.500. The summed E-state index contributed by atoms with van der Waals surface area (Å²) < 4.78 is 0. The van der Waals surface area contributed by atoms with Gasteiger partial charge in [0, 0.05) is 16.6 Å². The summed E-state index contributed by atoms with van der Waals surface area (Å²) in [5.74, 6) is 0.0681. The zero-order valence-electron chi connectivity index (χ0n) is 11.2. The molecule has 0 spiro atoms. The number of carbonyl (C=O) groups is 1. The Morgan fingerprint density at radius 1 is 1.42 bits per heavy atom. The van der Waals surface area contributed by atoms with Crippen molar-refractivity contribution in [1.82, 2.24) is 5.32 Å². The Morgan fingerprint density at radius 2 is 2.11 bits per heavy atom. The van der Waals surface area contributed by atoms with E-state index in [9.17, 15) is 4.79 Å². The van der Waals surface area contributed by atoms with Gasteiger partial charge in [-0.15, -0.1) is 0 Å². The van der Waals surface area contributed by atoms with Gasteiger partial charge in [0.1, 0.15) is 0 Å². The van der Waals surface area contributed by atoms with Crippen molar-refractivity contribution < 1.29 is 4.79 Å². The summed E-state index contributed by atoms with van der Waals surface area (Å²) in [6.45, 7) is 4.51. The molecule has 1 aromatic carbocycles. The minimum Gasteiger partial charge on any atom is -0.354 e. The van der Waals surface area contributed by atoms with Gasteiger partial charge in [-0.25, -0.2) is 0 Å². The zero-order valence-corrected chi connectivity index (χ0v) is 12.8. The molecule has 0 heterocycles. The van der Waals surface area contributed by atoms with Gasteiger partial charge in [-0.2, -0.15) is 0 Å². The summed E-state index contributed by atoms with van der Waals surface area (Å²) in [7, 11) is 0. The maximum atomic E-state index is 11.8. The average Bonchev–Trinajstić information content (AvgIpc) is 2.39. The topological polar surface area (TPSA) is 55.1 Å². The molecule has 1 rings (SSSR count). The number of hydrogen-bond acceptors (Lipinski definition) is 2. The zero-order chi connectivity index (χ0) is 14.4. The lowest BCUT2D eigenvalue weighted by atomic mass is 9.99. The molecule has 1 aromatic rings. The predicted octanol–water partition coefficient (Wildman–Crippen LogP) is 3.03. The summed E-state index contributed by atoms with van der Waals surface area (Å²) in [6, 6.07) is 4.90. The third-order valence-electron chi connectivity index (χ3n) is 3.27. The lowest BCUT2D eigenvalue weighted by Gasteiger charge is -2.17. The Balaban J connectivity index is 2.44. The second-order valence-electron chi connectivity index (χ2n) is 4.69. The van der Waals surface area contributed by atoms with Crippen LogP contribution in [0.15, 0.2) is 18.2 Å². The minimum absolute atomic E-state index is 0.112. The number of hydrogen-bond donors (Lipinski definition) is 2. The average molecular weight is 303 g/mol. The predicted molar refractivity (Wildman–Crippen MR) is 80.6 cm³/mol. The fourth-order valence-corrected chi connectivity index (χ4v) is 2.18. The first kappa shape index (κ1) is 16.3. The van der Waals surface area contributed by atoms with Gasteiger partial charge in [0.15, 0.2) is 0 Å². The van der Waals surface area contributed by atoms with E-state index in [1.807, 2.05) is 19.9 Å². The van der Waals surface area contributed by atoms with Crippen molar-refractivity contribution in [2.24, 2.45) is 11.7 Å². The van der Waals surface area contributed by atoms with Gasteiger partial charge >= 0.3 is 0 Å². The minimum atomic E-state index is -0.453. The number of halogens is 2. The molecule has 19 heavy (non-hydrogen) atoms. The van der Waals surface area contributed by atoms with Crippen molar-refractivity contribution in [1.29, 1.82) is 0 Å². The summed E-state index contributed by atoms with van der Waals surface area (Å²) in [5, 5.41) is 4.06. The molecule has 0 saturated heterocycles. The van der Waals surface area contributed by atoms with Gasteiger partial charge in [-0.3, -0.25) is 4.79 Å². The van der Waals surface area contributed by atoms with Crippen LogP contribution in [0.4, 0.5) is 0 Å². The molecule has 0 saturated carbocycles. The molecule has 0 fully saturated rings. The van der Waals surface area contributed by atoms with Crippen molar-refractivity contribution in [2.75, 3.05) is 6.54 Å². The third-order valence-corrected chi connectivity index (χ3v) is 3.86. The summed E-state index contributed by atoms with van der Waals surface area (Å²) in [6.07, 6.45) is 1.55. The molecule has 0 radical (unpaired) electrons. The Bertz CT molecular complexity index is 437. The van der Waals surface area contributed by atoms with Crippen LogP contribution < -0.4 is 11.1 Å². The number of nitrogens with one attached hydrogen (secondary N) is 1. The maximum absolute atomic E-state index is 11.8. The molecular formula is C14H20Cl2N2O. The Labute approximate surface area is 124 Å². The third kappa shape index (κ3) is 5.01. The molecule has 5 heteroatoms. The summed E-state index contributed by atoms with van der Waals surface area (Å²) in [4.78, 5) is 11.8. The SMILES string of the molecule is CC[C@H](C)[C@H](N)C(=O)NCCc1ccc(Cl)cc1Cl. The van der Waals surface area contributed by atoms with Crippen molar-refractivity contribution in [3.05, 3.63) is 33.8 Å². The molecule has 3 nitrogen and oxygen atoms in total. The van der Waals surface area contributed by atoms with Crippen LogP contribution in [0.2, 0.25) is 10.0 Å². The van der Waals surface area contributed by atoms with Gasteiger partial charge < -0.3 is 11.1 Å². The van der Waals surface area contributed by atoms with Gasteiger partial charge in [-0.1, -0.05) is 49.5 Å². The summed E-state index contributed by atoms with van der Waals surface area (Å²) in [5.41, 5.74) is 6.81. The molecule has 3 N–H and O–H groups in total. The summed E-state index contributed by atoms with van der Waals surface area (Å²) >= 11 is 11.9. The van der Waals surface area contributed by atoms with Crippen molar-refractivity contribution in [3.63, 3.8) is 0 Å². The lowest BCUT2D eigenvalue weighted by molar-refractivity contribution is -0.123. The van der Waals surface area contributed by atoms with Crippen LogP contribution in [0, 0.1) is 5.92 Å². The first-order valence-corrected chi connectivity index (χ1v) is 7.18. The largest absolute Gasteiger partial charge is 0.354 e. The quantitative estimate of drug-likeness (QED) is 0.848. The highest BCUT2D eigenvalue weighted by atomic mass is 35.5. The van der Waals surface area contributed by atoms with E-state index in [-0.39, 0.29) is 11.8 Å². The van der Waals surface area contributed by atoms with Crippen molar-refractivity contribution in [3.8, 4) is 0 Å². The Morgan fingerprint density at radius 3 is 2.68 bits per heavy atom. The van der Waals surface area contributed by atoms with E-state index >= 15 is 0 Å². The van der Waals surface area contributed by atoms with E-state index in [0.29, 0.717) is 23.0 Å². The van der Waals surface area contributed by atoms with Crippen LogP contribution in [0.3, 0.4) is 0 Å². The highest BCUT2D eigenvalue weighted by molar-refractivity contribution is 6.35. The number of rotatable bonds is 6. The van der Waals surface area contributed by atoms with Crippen LogP contribution >= 0.6 is 23.2 Å². The van der Waals surface area contributed by atoms with Crippen LogP contribution in [0.1, 0.15) is 25.8 Å². The number of carbonyl (C=O) groups excluding carboxylic acids is 1. The first-order chi connectivity index (χ1) is 8.95. The smallest absolute Gasteiger partial charge is 0.237 e. The van der Waals surface area contributed by atoms with Crippen LogP contribution in [0.25, 0.3) is 0 Å². The molecular weight excluding hydrogens is 283 g/mol. The van der Waals surface area contributed by atoms with Gasteiger partial charge in [0.05, 0.1) is 6.04 Å². The van der Waals surface area contributed by atoms with E-state index in [0.717, 1.165) is 12.0 Å². The van der Waals surface area contributed by atoms with E-state index < -0.39 is 6.04 Å². The number of amides is 1. The van der Waals surface area contributed by atoms with Gasteiger partial charge in [-0.05, 0) is 30.0 Å². The standard InChI is InChI=1S/C14H20Cl2N2O/c1-3-9(2)13(17)14(19)18-7-6-10-4-5-11(15)8-12(10)16/h4-5,8-9,13H,3,6-7,17H2,1-2H3,(H,18,19)/t9-,13-/m0/s1. The molecule has 0 aliphatic heterocycles. The van der Waals surface area contributed by atoms with Crippen molar-refractivity contribution >= 4 is 29.1 Å². The molecule has 2 atom stereocenters. The second kappa shape index (κ2) is 7.73. The van der Waals surface area contributed by atoms with Gasteiger partial charge in [0.2, 0.25) is 5.91 Å². The molecule has 0 aliphatic carbocycles. The number of nitrogens with two attached hydrogens (primary N) is 1. The number of benzene rings is 1. The van der Waals surface area contributed by atoms with E-state index in [2.05, 4.69) is 5.32 Å². The van der Waals surface area contributed by atoms with E-state index in [1.165, 1.54) is 0 Å². The van der Waals surface area contributed by atoms with Crippen LogP contribution in [-0.4, -0.2) is 18.5 Å². The van der Waals surface area contributed by atoms with E-state index in [1.54, 1.807) is 12.1 Å². The lowest BCUT2D eigenvalue weighted by Crippen LogP contribution is -2.45. The highest BCUT2D eigenvalue weighted by Gasteiger charge is 2.18. The normalized spacial score (nSPS) is 13.9. The fourth-order valence-electron chi connectivity index (χ4n) is 1.67. The van der Waals surface area contributed by atoms with Gasteiger partial charge in [0.25, 0.3) is 0 Å². The maximum Gasteiger partial charge on any atom is 0.237 e. The van der Waals surface area contributed by atoms with E-state index in [4.69, 9.17) is 28.9 Å². The Hall–Kier alpha value is -0.770. The molecule has 0 aliphatic rings. The molecule has 0 unspecified atom stereocenters. The molecule has 1 amide bonds. The van der Waals surface area contributed by atoms with Crippen LogP contribution in [0.5, 0.6) is 0 Å². The second-order valence-corrected chi connectivity index (χ2v) is 5.53. The van der Waals surface area contributed by atoms with Crippen LogP contribution in [-0.2, 0) is 11.2 Å².